The summed E-state index contributed by atoms with van der Waals surface area (Å²) in [6, 6.07) is 13.6. The Morgan fingerprint density at radius 3 is 2.50 bits per heavy atom. The van der Waals surface area contributed by atoms with Crippen molar-refractivity contribution in [3.63, 3.8) is 0 Å². The molecule has 2 aromatic rings. The van der Waals surface area contributed by atoms with Crippen molar-refractivity contribution < 1.29 is 4.74 Å². The molecule has 0 saturated heterocycles. The van der Waals surface area contributed by atoms with E-state index in [1.165, 1.54) is 0 Å². The molecule has 0 radical (unpaired) electrons. The van der Waals surface area contributed by atoms with E-state index in [0.717, 1.165) is 22.4 Å². The Kier molecular flexibility index (Phi) is 3.90. The molecule has 1 unspecified atom stereocenters. The maximum atomic E-state index is 6.27. The lowest BCUT2D eigenvalue weighted by Gasteiger charge is -2.13. The second kappa shape index (κ2) is 5.42. The van der Waals surface area contributed by atoms with Gasteiger partial charge in [-0.15, -0.1) is 0 Å². The first-order valence-corrected chi connectivity index (χ1v) is 6.19. The largest absolute Gasteiger partial charge is 0.496 e. The zero-order valence-corrected chi connectivity index (χ0v) is 11.2. The van der Waals surface area contributed by atoms with E-state index in [1.807, 2.05) is 49.4 Å². The van der Waals surface area contributed by atoms with Gasteiger partial charge in [0, 0.05) is 22.2 Å². The normalized spacial score (nSPS) is 12.2. The highest BCUT2D eigenvalue weighted by atomic mass is 35.5. The lowest BCUT2D eigenvalue weighted by molar-refractivity contribution is 0.416. The van der Waals surface area contributed by atoms with Crippen LogP contribution in [0.2, 0.25) is 5.02 Å². The van der Waals surface area contributed by atoms with Crippen LogP contribution in [0, 0.1) is 0 Å². The lowest BCUT2D eigenvalue weighted by atomic mass is 9.99. The predicted molar refractivity (Wildman–Crippen MR) is 76.0 cm³/mol. The number of benzene rings is 2. The number of nitrogens with two attached hydrogens (primary N) is 1. The monoisotopic (exact) mass is 261 g/mol. The minimum absolute atomic E-state index is 0.0178. The van der Waals surface area contributed by atoms with Crippen LogP contribution in [0.4, 0.5) is 0 Å². The highest BCUT2D eigenvalue weighted by molar-refractivity contribution is 6.33. The number of halogens is 1. The van der Waals surface area contributed by atoms with E-state index in [0.29, 0.717) is 5.02 Å². The minimum atomic E-state index is -0.0178. The third kappa shape index (κ3) is 2.50. The van der Waals surface area contributed by atoms with Crippen LogP contribution < -0.4 is 10.5 Å². The Hall–Kier alpha value is -1.51. The number of hydrogen-bond donors (Lipinski definition) is 1. The van der Waals surface area contributed by atoms with Crippen LogP contribution in [0.15, 0.2) is 42.5 Å². The van der Waals surface area contributed by atoms with Gasteiger partial charge in [0.15, 0.2) is 0 Å². The van der Waals surface area contributed by atoms with Crippen molar-refractivity contribution in [3.8, 4) is 16.9 Å². The Balaban J connectivity index is 2.59. The van der Waals surface area contributed by atoms with Crippen molar-refractivity contribution in [1.29, 1.82) is 0 Å². The molecular formula is C15H16ClNO. The van der Waals surface area contributed by atoms with Crippen molar-refractivity contribution in [2.45, 2.75) is 13.0 Å². The smallest absolute Gasteiger partial charge is 0.126 e. The summed E-state index contributed by atoms with van der Waals surface area (Å²) in [4.78, 5) is 0. The van der Waals surface area contributed by atoms with Gasteiger partial charge in [-0.1, -0.05) is 35.9 Å². The summed E-state index contributed by atoms with van der Waals surface area (Å²) in [6.45, 7) is 1.95. The molecule has 94 valence electrons. The predicted octanol–water partition coefficient (Wildman–Crippen LogP) is 4.04. The number of rotatable bonds is 3. The molecule has 0 amide bonds. The van der Waals surface area contributed by atoms with Crippen LogP contribution in [-0.2, 0) is 0 Å². The molecule has 2 nitrogen and oxygen atoms in total. The summed E-state index contributed by atoms with van der Waals surface area (Å²) in [7, 11) is 1.65. The van der Waals surface area contributed by atoms with Gasteiger partial charge in [-0.2, -0.15) is 0 Å². The molecule has 0 fully saturated rings. The van der Waals surface area contributed by atoms with Gasteiger partial charge in [-0.05, 0) is 30.7 Å². The standard InChI is InChI=1S/C15H16ClNO/c1-10(17)11-7-8-14(16)13(9-11)12-5-3-4-6-15(12)18-2/h3-10H,17H2,1-2H3. The molecule has 2 aromatic carbocycles. The van der Waals surface area contributed by atoms with Crippen LogP contribution in [0.5, 0.6) is 5.75 Å². The van der Waals surface area contributed by atoms with Gasteiger partial charge in [-0.25, -0.2) is 0 Å². The highest BCUT2D eigenvalue weighted by Crippen LogP contribution is 2.35. The SMILES string of the molecule is COc1ccccc1-c1cc(C(C)N)ccc1Cl. The van der Waals surface area contributed by atoms with Crippen LogP contribution >= 0.6 is 11.6 Å². The van der Waals surface area contributed by atoms with E-state index in [2.05, 4.69) is 0 Å². The average molecular weight is 262 g/mol. The fourth-order valence-corrected chi connectivity index (χ4v) is 2.12. The quantitative estimate of drug-likeness (QED) is 0.905. The first-order valence-electron chi connectivity index (χ1n) is 5.82. The summed E-state index contributed by atoms with van der Waals surface area (Å²) in [5, 5.41) is 0.698. The summed E-state index contributed by atoms with van der Waals surface area (Å²) in [5.74, 6) is 0.807. The van der Waals surface area contributed by atoms with Crippen molar-refractivity contribution >= 4 is 11.6 Å². The number of methoxy groups -OCH3 is 1. The van der Waals surface area contributed by atoms with E-state index < -0.39 is 0 Å². The molecular weight excluding hydrogens is 246 g/mol. The molecule has 18 heavy (non-hydrogen) atoms. The molecule has 0 spiro atoms. The molecule has 0 aliphatic rings. The van der Waals surface area contributed by atoms with Gasteiger partial charge in [0.25, 0.3) is 0 Å². The molecule has 0 bridgehead atoms. The third-order valence-corrected chi connectivity index (χ3v) is 3.24. The molecule has 0 aromatic heterocycles. The van der Waals surface area contributed by atoms with E-state index in [4.69, 9.17) is 22.1 Å². The Bertz CT molecular complexity index is 552. The van der Waals surface area contributed by atoms with Crippen molar-refractivity contribution in [2.24, 2.45) is 5.73 Å². The Morgan fingerprint density at radius 1 is 1.11 bits per heavy atom. The van der Waals surface area contributed by atoms with Crippen LogP contribution in [0.3, 0.4) is 0 Å². The van der Waals surface area contributed by atoms with E-state index >= 15 is 0 Å². The number of para-hydroxylation sites is 1. The zero-order valence-electron chi connectivity index (χ0n) is 10.5. The van der Waals surface area contributed by atoms with Crippen LogP contribution in [0.1, 0.15) is 18.5 Å². The van der Waals surface area contributed by atoms with Gasteiger partial charge in [-0.3, -0.25) is 0 Å². The van der Waals surface area contributed by atoms with Crippen molar-refractivity contribution in [1.82, 2.24) is 0 Å². The van der Waals surface area contributed by atoms with E-state index in [1.54, 1.807) is 7.11 Å². The second-order valence-electron chi connectivity index (χ2n) is 4.23. The third-order valence-electron chi connectivity index (χ3n) is 2.91. The second-order valence-corrected chi connectivity index (χ2v) is 4.64. The Morgan fingerprint density at radius 2 is 1.83 bits per heavy atom. The van der Waals surface area contributed by atoms with Gasteiger partial charge in [0.05, 0.1) is 7.11 Å². The Labute approximate surface area is 112 Å². The fourth-order valence-electron chi connectivity index (χ4n) is 1.90. The number of ether oxygens (including phenoxy) is 1. The van der Waals surface area contributed by atoms with Gasteiger partial charge < -0.3 is 10.5 Å². The first-order chi connectivity index (χ1) is 8.63. The van der Waals surface area contributed by atoms with Crippen LogP contribution in [-0.4, -0.2) is 7.11 Å². The maximum absolute atomic E-state index is 6.27. The van der Waals surface area contributed by atoms with Crippen molar-refractivity contribution in [2.75, 3.05) is 7.11 Å². The highest BCUT2D eigenvalue weighted by Gasteiger charge is 2.10. The first kappa shape index (κ1) is 12.9. The average Bonchev–Trinajstić information content (AvgIpc) is 2.39. The van der Waals surface area contributed by atoms with E-state index in [-0.39, 0.29) is 6.04 Å². The zero-order chi connectivity index (χ0) is 13.1. The maximum Gasteiger partial charge on any atom is 0.126 e. The molecule has 0 heterocycles. The minimum Gasteiger partial charge on any atom is -0.496 e. The van der Waals surface area contributed by atoms with Crippen molar-refractivity contribution in [3.05, 3.63) is 53.1 Å². The topological polar surface area (TPSA) is 35.2 Å². The molecule has 3 heteroatoms. The van der Waals surface area contributed by atoms with Gasteiger partial charge in [0.1, 0.15) is 5.75 Å². The molecule has 2 rings (SSSR count). The molecule has 0 aliphatic heterocycles. The molecule has 0 aliphatic carbocycles. The molecule has 0 saturated carbocycles. The lowest BCUT2D eigenvalue weighted by Crippen LogP contribution is -2.04. The fraction of sp³-hybridized carbons (Fsp3) is 0.200. The van der Waals surface area contributed by atoms with Crippen LogP contribution in [0.25, 0.3) is 11.1 Å². The van der Waals surface area contributed by atoms with Gasteiger partial charge in [0.2, 0.25) is 0 Å². The summed E-state index contributed by atoms with van der Waals surface area (Å²) in [6.07, 6.45) is 0. The van der Waals surface area contributed by atoms with E-state index in [9.17, 15) is 0 Å². The number of hydrogen-bond acceptors (Lipinski definition) is 2. The summed E-state index contributed by atoms with van der Waals surface area (Å²) in [5.41, 5.74) is 8.89. The molecule has 1 atom stereocenters. The van der Waals surface area contributed by atoms with Gasteiger partial charge >= 0.3 is 0 Å². The summed E-state index contributed by atoms with van der Waals surface area (Å²) >= 11 is 6.27. The molecule has 2 N–H and O–H groups in total. The summed E-state index contributed by atoms with van der Waals surface area (Å²) < 4.78 is 5.37.